The Morgan fingerprint density at radius 2 is 1.72 bits per heavy atom. The Balaban J connectivity index is 1.86. The molecule has 0 unspecified atom stereocenters. The lowest BCUT2D eigenvalue weighted by molar-refractivity contribution is 0.121. The number of rotatable bonds is 5. The molecule has 5 nitrogen and oxygen atoms in total. The first-order valence-corrected chi connectivity index (χ1v) is 8.40. The maximum Gasteiger partial charge on any atom is 0.513 e. The molecule has 0 N–H and O–H groups in total. The summed E-state index contributed by atoms with van der Waals surface area (Å²) < 4.78 is 21.2. The van der Waals surface area contributed by atoms with E-state index in [1.165, 1.54) is 20.0 Å². The summed E-state index contributed by atoms with van der Waals surface area (Å²) in [4.78, 5) is 11.3. The van der Waals surface area contributed by atoms with Crippen molar-refractivity contribution in [2.24, 2.45) is 0 Å². The largest absolute Gasteiger partial charge is 0.513 e. The Hall–Kier alpha value is -2.69. The smallest absolute Gasteiger partial charge is 0.493 e. The van der Waals surface area contributed by atoms with Gasteiger partial charge < -0.3 is 18.9 Å². The maximum atomic E-state index is 11.3. The van der Waals surface area contributed by atoms with Crippen molar-refractivity contribution in [3.05, 3.63) is 42.5 Å². The summed E-state index contributed by atoms with van der Waals surface area (Å²) in [6, 6.07) is 13.1. The van der Waals surface area contributed by atoms with E-state index < -0.39 is 6.16 Å². The molecule has 1 aliphatic carbocycles. The summed E-state index contributed by atoms with van der Waals surface area (Å²) >= 11 is 0. The van der Waals surface area contributed by atoms with Crippen molar-refractivity contribution in [3.63, 3.8) is 0 Å². The normalized spacial score (nSPS) is 14.2. The zero-order chi connectivity index (χ0) is 17.6. The van der Waals surface area contributed by atoms with Gasteiger partial charge in [0.15, 0.2) is 11.5 Å². The van der Waals surface area contributed by atoms with E-state index in [0.717, 1.165) is 35.5 Å². The van der Waals surface area contributed by atoms with Crippen LogP contribution in [0.25, 0.3) is 11.1 Å². The van der Waals surface area contributed by atoms with E-state index in [1.807, 2.05) is 30.3 Å². The minimum atomic E-state index is -0.739. The highest BCUT2D eigenvalue weighted by Gasteiger charge is 2.19. The van der Waals surface area contributed by atoms with Gasteiger partial charge in [-0.2, -0.15) is 0 Å². The van der Waals surface area contributed by atoms with E-state index in [4.69, 9.17) is 14.2 Å². The van der Waals surface area contributed by atoms with Crippen molar-refractivity contribution in [1.82, 2.24) is 0 Å². The number of benzene rings is 2. The fraction of sp³-hybridized carbons (Fsp3) is 0.350. The number of methoxy groups -OCH3 is 2. The summed E-state index contributed by atoms with van der Waals surface area (Å²) in [6.45, 7) is 0. The lowest BCUT2D eigenvalue weighted by Gasteiger charge is -2.17. The van der Waals surface area contributed by atoms with Gasteiger partial charge >= 0.3 is 6.16 Å². The SMILES string of the molecule is COC(=O)Oc1cccc(-c2ccc(OC)c(OC3CCCC3)c2)c1. The molecule has 2 aromatic rings. The van der Waals surface area contributed by atoms with Crippen molar-refractivity contribution in [3.8, 4) is 28.4 Å². The van der Waals surface area contributed by atoms with Gasteiger partial charge in [-0.15, -0.1) is 0 Å². The predicted octanol–water partition coefficient (Wildman–Crippen LogP) is 4.83. The van der Waals surface area contributed by atoms with Gasteiger partial charge in [-0.3, -0.25) is 0 Å². The van der Waals surface area contributed by atoms with Crippen molar-refractivity contribution in [2.45, 2.75) is 31.8 Å². The highest BCUT2D eigenvalue weighted by molar-refractivity contribution is 5.70. The fourth-order valence-corrected chi connectivity index (χ4v) is 3.01. The molecule has 0 amide bonds. The van der Waals surface area contributed by atoms with Crippen LogP contribution in [0.15, 0.2) is 42.5 Å². The van der Waals surface area contributed by atoms with Crippen LogP contribution in [0.1, 0.15) is 25.7 Å². The van der Waals surface area contributed by atoms with Crippen LogP contribution in [-0.2, 0) is 4.74 Å². The van der Waals surface area contributed by atoms with Crippen LogP contribution in [0.4, 0.5) is 4.79 Å². The average Bonchev–Trinajstić information content (AvgIpc) is 3.15. The van der Waals surface area contributed by atoms with Crippen molar-refractivity contribution in [1.29, 1.82) is 0 Å². The second-order valence-corrected chi connectivity index (χ2v) is 5.97. The van der Waals surface area contributed by atoms with Gasteiger partial charge in [0.2, 0.25) is 0 Å². The lowest BCUT2D eigenvalue weighted by atomic mass is 10.0. The molecular formula is C20H22O5. The van der Waals surface area contributed by atoms with Crippen LogP contribution in [0.3, 0.4) is 0 Å². The van der Waals surface area contributed by atoms with Crippen LogP contribution in [0.2, 0.25) is 0 Å². The number of carbonyl (C=O) groups excluding carboxylic acids is 1. The summed E-state index contributed by atoms with van der Waals surface area (Å²) in [5.41, 5.74) is 1.88. The van der Waals surface area contributed by atoms with E-state index in [-0.39, 0.29) is 6.10 Å². The van der Waals surface area contributed by atoms with Gasteiger partial charge in [0, 0.05) is 0 Å². The minimum Gasteiger partial charge on any atom is -0.493 e. The number of carbonyl (C=O) groups is 1. The van der Waals surface area contributed by atoms with E-state index in [9.17, 15) is 4.79 Å². The van der Waals surface area contributed by atoms with Gasteiger partial charge in [0.25, 0.3) is 0 Å². The molecule has 132 valence electrons. The van der Waals surface area contributed by atoms with Gasteiger partial charge in [0.05, 0.1) is 20.3 Å². The maximum absolute atomic E-state index is 11.3. The molecule has 1 aliphatic rings. The van der Waals surface area contributed by atoms with Crippen molar-refractivity contribution < 1.29 is 23.7 Å². The highest BCUT2D eigenvalue weighted by Crippen LogP contribution is 2.36. The van der Waals surface area contributed by atoms with E-state index in [1.54, 1.807) is 19.2 Å². The van der Waals surface area contributed by atoms with E-state index in [0.29, 0.717) is 5.75 Å². The molecule has 1 fully saturated rings. The Morgan fingerprint density at radius 3 is 2.44 bits per heavy atom. The molecule has 0 heterocycles. The van der Waals surface area contributed by atoms with Crippen molar-refractivity contribution in [2.75, 3.05) is 14.2 Å². The molecule has 0 bridgehead atoms. The Kier molecular flexibility index (Phi) is 5.43. The quantitative estimate of drug-likeness (QED) is 0.575. The third-order valence-corrected chi connectivity index (χ3v) is 4.29. The number of ether oxygens (including phenoxy) is 4. The molecule has 25 heavy (non-hydrogen) atoms. The standard InChI is InChI=1S/C20H22O5/c1-22-18-11-10-15(13-19(18)24-16-7-3-4-8-16)14-6-5-9-17(12-14)25-20(21)23-2/h5-6,9-13,16H,3-4,7-8H2,1-2H3. The monoisotopic (exact) mass is 342 g/mol. The van der Waals surface area contributed by atoms with Gasteiger partial charge in [-0.1, -0.05) is 18.2 Å². The highest BCUT2D eigenvalue weighted by atomic mass is 16.7. The first kappa shape index (κ1) is 17.1. The predicted molar refractivity (Wildman–Crippen MR) is 94.3 cm³/mol. The molecule has 0 spiro atoms. The first-order chi connectivity index (χ1) is 12.2. The Morgan fingerprint density at radius 1 is 0.960 bits per heavy atom. The first-order valence-electron chi connectivity index (χ1n) is 8.40. The van der Waals surface area contributed by atoms with Crippen LogP contribution in [0, 0.1) is 0 Å². The zero-order valence-electron chi connectivity index (χ0n) is 14.5. The minimum absolute atomic E-state index is 0.248. The molecule has 2 aromatic carbocycles. The molecular weight excluding hydrogens is 320 g/mol. The molecule has 0 radical (unpaired) electrons. The van der Waals surface area contributed by atoms with Gasteiger partial charge in [-0.05, 0) is 61.1 Å². The molecule has 3 rings (SSSR count). The molecule has 0 saturated heterocycles. The Labute approximate surface area is 147 Å². The molecule has 0 aromatic heterocycles. The fourth-order valence-electron chi connectivity index (χ4n) is 3.01. The average molecular weight is 342 g/mol. The second-order valence-electron chi connectivity index (χ2n) is 5.97. The third-order valence-electron chi connectivity index (χ3n) is 4.29. The summed E-state index contributed by atoms with van der Waals surface area (Å²) in [5.74, 6) is 1.89. The molecule has 0 aliphatic heterocycles. The topological polar surface area (TPSA) is 54.0 Å². The lowest BCUT2D eigenvalue weighted by Crippen LogP contribution is -2.11. The second kappa shape index (κ2) is 7.92. The van der Waals surface area contributed by atoms with Crippen LogP contribution < -0.4 is 14.2 Å². The summed E-state index contributed by atoms with van der Waals surface area (Å²) in [6.07, 6.45) is 4.08. The van der Waals surface area contributed by atoms with Crippen LogP contribution in [-0.4, -0.2) is 26.5 Å². The number of hydrogen-bond acceptors (Lipinski definition) is 5. The van der Waals surface area contributed by atoms with E-state index in [2.05, 4.69) is 4.74 Å². The van der Waals surface area contributed by atoms with Crippen molar-refractivity contribution >= 4 is 6.16 Å². The zero-order valence-corrected chi connectivity index (χ0v) is 14.5. The molecule has 0 atom stereocenters. The summed E-state index contributed by atoms with van der Waals surface area (Å²) in [7, 11) is 2.92. The van der Waals surface area contributed by atoms with Crippen LogP contribution in [0.5, 0.6) is 17.2 Å². The van der Waals surface area contributed by atoms with Gasteiger partial charge in [-0.25, -0.2) is 4.79 Å². The number of hydrogen-bond donors (Lipinski definition) is 0. The Bertz CT molecular complexity index is 735. The van der Waals surface area contributed by atoms with Crippen LogP contribution >= 0.6 is 0 Å². The third kappa shape index (κ3) is 4.24. The van der Waals surface area contributed by atoms with Gasteiger partial charge in [0.1, 0.15) is 5.75 Å². The van der Waals surface area contributed by atoms with E-state index >= 15 is 0 Å². The molecule has 1 saturated carbocycles. The summed E-state index contributed by atoms with van der Waals surface area (Å²) in [5, 5.41) is 0. The molecule has 5 heteroatoms.